The number of hydrogen-bond donors (Lipinski definition) is 2. The summed E-state index contributed by atoms with van der Waals surface area (Å²) >= 11 is 0. The molecule has 0 amide bonds. The number of ether oxygens (including phenoxy) is 1. The van der Waals surface area contributed by atoms with Crippen molar-refractivity contribution in [3.05, 3.63) is 35.4 Å². The Balaban J connectivity index is 0.000000555. The van der Waals surface area contributed by atoms with Crippen molar-refractivity contribution in [2.45, 2.75) is 13.3 Å². The van der Waals surface area contributed by atoms with Gasteiger partial charge in [0.25, 0.3) is 10.1 Å². The highest BCUT2D eigenvalue weighted by molar-refractivity contribution is 7.85. The number of aliphatic hydroxyl groups excluding tert-OH is 1. The first-order chi connectivity index (χ1) is 8.77. The van der Waals surface area contributed by atoms with Gasteiger partial charge >= 0.3 is 5.97 Å². The Morgan fingerprint density at radius 2 is 1.74 bits per heavy atom. The first-order valence-electron chi connectivity index (χ1n) is 5.57. The van der Waals surface area contributed by atoms with Crippen LogP contribution in [0.15, 0.2) is 24.3 Å². The van der Waals surface area contributed by atoms with Crippen LogP contribution in [0.1, 0.15) is 22.8 Å². The highest BCUT2D eigenvalue weighted by Crippen LogP contribution is 2.06. The van der Waals surface area contributed by atoms with Gasteiger partial charge in [0.2, 0.25) is 0 Å². The highest BCUT2D eigenvalue weighted by Gasteiger charge is 2.04. The van der Waals surface area contributed by atoms with Crippen LogP contribution < -0.4 is 0 Å². The van der Waals surface area contributed by atoms with Crippen molar-refractivity contribution in [2.24, 2.45) is 0 Å². The molecule has 0 saturated carbocycles. The third-order valence-corrected chi connectivity index (χ3v) is 1.87. The van der Waals surface area contributed by atoms with Crippen LogP contribution in [0.4, 0.5) is 0 Å². The molecule has 0 aromatic heterocycles. The molecule has 0 bridgehead atoms. The van der Waals surface area contributed by atoms with Crippen molar-refractivity contribution in [1.29, 1.82) is 0 Å². The molecule has 0 atom stereocenters. The third-order valence-electron chi connectivity index (χ3n) is 1.87. The second-order valence-electron chi connectivity index (χ2n) is 3.62. The van der Waals surface area contributed by atoms with Gasteiger partial charge in [0.1, 0.15) is 0 Å². The summed E-state index contributed by atoms with van der Waals surface area (Å²) in [6.45, 7) is 2.29. The van der Waals surface area contributed by atoms with Crippen molar-refractivity contribution in [1.82, 2.24) is 0 Å². The molecule has 0 fully saturated rings. The lowest BCUT2D eigenvalue weighted by Gasteiger charge is -2.02. The van der Waals surface area contributed by atoms with Gasteiger partial charge in [0.15, 0.2) is 0 Å². The van der Waals surface area contributed by atoms with Crippen LogP contribution in [0.3, 0.4) is 0 Å². The maximum absolute atomic E-state index is 11.2. The monoisotopic (exact) mass is 290 g/mol. The number of benzene rings is 1. The molecule has 1 aromatic carbocycles. The highest BCUT2D eigenvalue weighted by atomic mass is 32.2. The maximum atomic E-state index is 11.2. The van der Waals surface area contributed by atoms with Gasteiger partial charge in [-0.25, -0.2) is 4.79 Å². The van der Waals surface area contributed by atoms with Crippen molar-refractivity contribution >= 4 is 16.1 Å². The van der Waals surface area contributed by atoms with E-state index in [0.29, 0.717) is 24.8 Å². The molecule has 0 radical (unpaired) electrons. The van der Waals surface area contributed by atoms with Crippen LogP contribution >= 0.6 is 0 Å². The van der Waals surface area contributed by atoms with Crippen LogP contribution in [0.5, 0.6) is 0 Å². The lowest BCUT2D eigenvalue weighted by atomic mass is 10.1. The Morgan fingerprint density at radius 3 is 2.11 bits per heavy atom. The fraction of sp³-hybridized carbons (Fsp3) is 0.417. The number of aliphatic hydroxyl groups is 1. The van der Waals surface area contributed by atoms with Crippen molar-refractivity contribution in [3.63, 3.8) is 0 Å². The Bertz CT molecular complexity index is 469. The van der Waals surface area contributed by atoms with Crippen LogP contribution in [0, 0.1) is 0 Å². The SMILES string of the molecule is CCOC(=O)c1ccc(CCO)cc1.CS(=O)(=O)O. The Kier molecular flexibility index (Phi) is 7.97. The standard InChI is InChI=1S/C11H14O3.CH4O3S/c1-2-14-11(13)10-5-3-9(4-6-10)7-8-12;1-5(2,3)4/h3-6,12H,2,7-8H2,1H3;1H3,(H,2,3,4). The fourth-order valence-corrected chi connectivity index (χ4v) is 1.15. The van der Waals surface area contributed by atoms with Gasteiger partial charge in [-0.1, -0.05) is 12.1 Å². The predicted molar refractivity (Wildman–Crippen MR) is 70.7 cm³/mol. The van der Waals surface area contributed by atoms with E-state index in [9.17, 15) is 13.2 Å². The van der Waals surface area contributed by atoms with Crippen molar-refractivity contribution in [3.8, 4) is 0 Å². The van der Waals surface area contributed by atoms with E-state index in [2.05, 4.69) is 0 Å². The molecule has 0 aliphatic rings. The molecule has 108 valence electrons. The number of esters is 1. The van der Waals surface area contributed by atoms with E-state index in [0.717, 1.165) is 5.56 Å². The molecule has 0 aliphatic carbocycles. The lowest BCUT2D eigenvalue weighted by molar-refractivity contribution is 0.0526. The van der Waals surface area contributed by atoms with Gasteiger partial charge in [0.05, 0.1) is 18.4 Å². The first kappa shape index (κ1) is 17.6. The average Bonchev–Trinajstić information content (AvgIpc) is 2.28. The lowest BCUT2D eigenvalue weighted by Crippen LogP contribution is -2.04. The smallest absolute Gasteiger partial charge is 0.338 e. The van der Waals surface area contributed by atoms with Gasteiger partial charge in [-0.3, -0.25) is 4.55 Å². The van der Waals surface area contributed by atoms with E-state index in [4.69, 9.17) is 14.4 Å². The van der Waals surface area contributed by atoms with Gasteiger partial charge in [0, 0.05) is 6.61 Å². The number of carbonyl (C=O) groups is 1. The van der Waals surface area contributed by atoms with Crippen molar-refractivity contribution < 1.29 is 27.6 Å². The van der Waals surface area contributed by atoms with Crippen LogP contribution in [0.2, 0.25) is 0 Å². The second-order valence-corrected chi connectivity index (χ2v) is 5.09. The fourth-order valence-electron chi connectivity index (χ4n) is 1.15. The second kappa shape index (κ2) is 8.63. The molecule has 1 rings (SSSR count). The minimum absolute atomic E-state index is 0.124. The normalized spacial score (nSPS) is 10.3. The van der Waals surface area contributed by atoms with Crippen molar-refractivity contribution in [2.75, 3.05) is 19.5 Å². The minimum Gasteiger partial charge on any atom is -0.462 e. The Labute approximate surface area is 112 Å². The summed E-state index contributed by atoms with van der Waals surface area (Å²) in [7, 11) is -3.67. The van der Waals surface area contributed by atoms with Crippen LogP contribution in [-0.4, -0.2) is 43.5 Å². The number of hydrogen-bond acceptors (Lipinski definition) is 5. The van der Waals surface area contributed by atoms with Gasteiger partial charge in [-0.2, -0.15) is 8.42 Å². The van der Waals surface area contributed by atoms with Crippen LogP contribution in [0.25, 0.3) is 0 Å². The number of carbonyl (C=O) groups excluding carboxylic acids is 1. The van der Waals surface area contributed by atoms with E-state index in [1.54, 1.807) is 19.1 Å². The summed E-state index contributed by atoms with van der Waals surface area (Å²) in [5, 5.41) is 8.69. The molecule has 1 aromatic rings. The van der Waals surface area contributed by atoms with Gasteiger partial charge in [-0.15, -0.1) is 0 Å². The topological polar surface area (TPSA) is 101 Å². The zero-order valence-electron chi connectivity index (χ0n) is 10.9. The largest absolute Gasteiger partial charge is 0.462 e. The molecule has 6 nitrogen and oxygen atoms in total. The van der Waals surface area contributed by atoms with E-state index in [-0.39, 0.29) is 12.6 Å². The summed E-state index contributed by atoms with van der Waals surface area (Å²) in [5.74, 6) is -0.303. The minimum atomic E-state index is -3.67. The third kappa shape index (κ3) is 10.2. The molecular formula is C12H18O6S. The molecule has 19 heavy (non-hydrogen) atoms. The Hall–Kier alpha value is -1.44. The van der Waals surface area contributed by atoms with E-state index >= 15 is 0 Å². The quantitative estimate of drug-likeness (QED) is 0.631. The van der Waals surface area contributed by atoms with E-state index < -0.39 is 10.1 Å². The predicted octanol–water partition coefficient (Wildman–Crippen LogP) is 0.902. The molecule has 7 heteroatoms. The summed E-state index contributed by atoms with van der Waals surface area (Å²) in [6, 6.07) is 7.07. The van der Waals surface area contributed by atoms with E-state index in [1.165, 1.54) is 0 Å². The summed E-state index contributed by atoms with van der Waals surface area (Å²) < 4.78 is 30.7. The van der Waals surface area contributed by atoms with E-state index in [1.807, 2.05) is 12.1 Å². The molecule has 0 spiro atoms. The van der Waals surface area contributed by atoms with Gasteiger partial charge in [-0.05, 0) is 31.0 Å². The zero-order chi connectivity index (χ0) is 14.9. The Morgan fingerprint density at radius 1 is 1.26 bits per heavy atom. The molecule has 2 N–H and O–H groups in total. The molecule has 0 heterocycles. The zero-order valence-corrected chi connectivity index (χ0v) is 11.7. The number of rotatable bonds is 4. The van der Waals surface area contributed by atoms with Gasteiger partial charge < -0.3 is 9.84 Å². The summed E-state index contributed by atoms with van der Waals surface area (Å²) in [6.07, 6.45) is 1.33. The average molecular weight is 290 g/mol. The molecule has 0 unspecified atom stereocenters. The van der Waals surface area contributed by atoms with Crippen LogP contribution in [-0.2, 0) is 21.3 Å². The molecule has 0 saturated heterocycles. The molecular weight excluding hydrogens is 272 g/mol. The summed E-state index contributed by atoms with van der Waals surface area (Å²) in [4.78, 5) is 11.2. The first-order valence-corrected chi connectivity index (χ1v) is 7.42. The summed E-state index contributed by atoms with van der Waals surface area (Å²) in [5.41, 5.74) is 1.56. The molecule has 0 aliphatic heterocycles. The maximum Gasteiger partial charge on any atom is 0.338 e.